The van der Waals surface area contributed by atoms with Crippen LogP contribution in [0, 0.1) is 0 Å². The number of aromatic hydroxyl groups is 1. The van der Waals surface area contributed by atoms with Crippen LogP contribution in [0.5, 0.6) is 17.4 Å². The molecule has 6 heteroatoms. The highest BCUT2D eigenvalue weighted by atomic mass is 16.5. The number of nitrogens with zero attached hydrogens (tertiary/aromatic N) is 1. The van der Waals surface area contributed by atoms with Gasteiger partial charge in [0.1, 0.15) is 0 Å². The van der Waals surface area contributed by atoms with Gasteiger partial charge < -0.3 is 19.9 Å². The van der Waals surface area contributed by atoms with Crippen LogP contribution in [-0.4, -0.2) is 27.3 Å². The third-order valence-electron chi connectivity index (χ3n) is 3.07. The number of hydrogen-bond acceptors (Lipinski definition) is 5. The predicted molar refractivity (Wildman–Crippen MR) is 79.7 cm³/mol. The van der Waals surface area contributed by atoms with Crippen molar-refractivity contribution in [3.63, 3.8) is 0 Å². The minimum atomic E-state index is -1.51. The summed E-state index contributed by atoms with van der Waals surface area (Å²) in [6.45, 7) is 0. The summed E-state index contributed by atoms with van der Waals surface area (Å²) in [7, 11) is -1.51. The van der Waals surface area contributed by atoms with Crippen LogP contribution >= 0.6 is 0 Å². The first-order chi connectivity index (χ1) is 10.1. The fraction of sp³-hybridized carbons (Fsp3) is 0. The first-order valence-corrected chi connectivity index (χ1v) is 6.36. The van der Waals surface area contributed by atoms with E-state index in [9.17, 15) is 5.11 Å². The fourth-order valence-corrected chi connectivity index (χ4v) is 2.00. The quantitative estimate of drug-likeness (QED) is 0.632. The normalized spacial score (nSPS) is 10.6. The van der Waals surface area contributed by atoms with Gasteiger partial charge in [-0.15, -0.1) is 0 Å². The van der Waals surface area contributed by atoms with Gasteiger partial charge in [0.25, 0.3) is 0 Å². The van der Waals surface area contributed by atoms with E-state index in [0.717, 1.165) is 5.39 Å². The molecule has 5 nitrogen and oxygen atoms in total. The van der Waals surface area contributed by atoms with Gasteiger partial charge in [0, 0.05) is 11.5 Å². The molecule has 0 amide bonds. The molecule has 21 heavy (non-hydrogen) atoms. The van der Waals surface area contributed by atoms with E-state index in [-0.39, 0.29) is 5.75 Å². The summed E-state index contributed by atoms with van der Waals surface area (Å²) in [5.74, 6) is 0.714. The monoisotopic (exact) mass is 281 g/mol. The molecule has 1 aromatic heterocycles. The maximum atomic E-state index is 9.67. The highest BCUT2D eigenvalue weighted by Gasteiger charge is 2.11. The van der Waals surface area contributed by atoms with Gasteiger partial charge >= 0.3 is 7.12 Å². The number of fused-ring (bicyclic) bond motifs is 1. The lowest BCUT2D eigenvalue weighted by atomic mass is 9.80. The fourth-order valence-electron chi connectivity index (χ4n) is 2.00. The zero-order valence-electron chi connectivity index (χ0n) is 11.0. The van der Waals surface area contributed by atoms with Crippen LogP contribution in [-0.2, 0) is 0 Å². The predicted octanol–water partition coefficient (Wildman–Crippen LogP) is 1.41. The van der Waals surface area contributed by atoms with E-state index in [4.69, 9.17) is 14.8 Å². The number of aromatic nitrogens is 1. The van der Waals surface area contributed by atoms with Crippen molar-refractivity contribution in [1.82, 2.24) is 4.98 Å². The second kappa shape index (κ2) is 5.44. The van der Waals surface area contributed by atoms with Gasteiger partial charge in [-0.2, -0.15) is 0 Å². The number of rotatable bonds is 3. The highest BCUT2D eigenvalue weighted by Crippen LogP contribution is 2.29. The summed E-state index contributed by atoms with van der Waals surface area (Å²) in [6.07, 6.45) is 0. The molecule has 0 aliphatic carbocycles. The Morgan fingerprint density at radius 3 is 2.52 bits per heavy atom. The van der Waals surface area contributed by atoms with E-state index >= 15 is 0 Å². The number of phenolic OH excluding ortho intramolecular Hbond substituents is 1. The molecule has 0 fully saturated rings. The second-order valence-electron chi connectivity index (χ2n) is 4.55. The lowest BCUT2D eigenvalue weighted by molar-refractivity contribution is 0.403. The molecule has 0 spiro atoms. The van der Waals surface area contributed by atoms with Gasteiger partial charge in [-0.1, -0.05) is 24.3 Å². The third kappa shape index (κ3) is 2.81. The summed E-state index contributed by atoms with van der Waals surface area (Å²) in [5.41, 5.74) is 1.06. The van der Waals surface area contributed by atoms with Crippen molar-refractivity contribution in [3.8, 4) is 17.4 Å². The molecular weight excluding hydrogens is 269 g/mol. The second-order valence-corrected chi connectivity index (χ2v) is 4.55. The van der Waals surface area contributed by atoms with Crippen LogP contribution in [0.15, 0.2) is 54.6 Å². The van der Waals surface area contributed by atoms with Crippen LogP contribution in [0.25, 0.3) is 10.9 Å². The number of hydrogen-bond donors (Lipinski definition) is 3. The van der Waals surface area contributed by atoms with Crippen LogP contribution in [0.4, 0.5) is 0 Å². The van der Waals surface area contributed by atoms with Crippen molar-refractivity contribution >= 4 is 23.5 Å². The molecule has 3 N–H and O–H groups in total. The zero-order chi connectivity index (χ0) is 14.8. The largest absolute Gasteiger partial charge is 0.504 e. The molecule has 0 bridgehead atoms. The summed E-state index contributed by atoms with van der Waals surface area (Å²) in [6, 6.07) is 15.0. The molecule has 3 rings (SSSR count). The van der Waals surface area contributed by atoms with Gasteiger partial charge in [-0.3, -0.25) is 0 Å². The van der Waals surface area contributed by atoms with E-state index in [1.165, 1.54) is 6.07 Å². The van der Waals surface area contributed by atoms with Crippen molar-refractivity contribution in [2.75, 3.05) is 0 Å². The number of benzene rings is 2. The lowest BCUT2D eigenvalue weighted by Gasteiger charge is -2.08. The summed E-state index contributed by atoms with van der Waals surface area (Å²) < 4.78 is 5.54. The third-order valence-corrected chi connectivity index (χ3v) is 3.07. The minimum Gasteiger partial charge on any atom is -0.504 e. The van der Waals surface area contributed by atoms with Crippen molar-refractivity contribution in [1.29, 1.82) is 0 Å². The molecule has 2 aromatic carbocycles. The molecule has 0 unspecified atom stereocenters. The molecule has 0 aliphatic heterocycles. The van der Waals surface area contributed by atoms with Gasteiger partial charge in [0.2, 0.25) is 5.88 Å². The van der Waals surface area contributed by atoms with Crippen LogP contribution in [0.2, 0.25) is 0 Å². The zero-order valence-corrected chi connectivity index (χ0v) is 11.0. The smallest absolute Gasteiger partial charge is 0.488 e. The number of ether oxygens (including phenoxy) is 1. The highest BCUT2D eigenvalue weighted by molar-refractivity contribution is 6.58. The Labute approximate surface area is 121 Å². The molecule has 3 aromatic rings. The average Bonchev–Trinajstić information content (AvgIpc) is 2.49. The van der Waals surface area contributed by atoms with Gasteiger partial charge in [0.15, 0.2) is 11.5 Å². The van der Waals surface area contributed by atoms with Crippen LogP contribution in [0.1, 0.15) is 0 Å². The topological polar surface area (TPSA) is 82.8 Å². The summed E-state index contributed by atoms with van der Waals surface area (Å²) in [5, 5.41) is 28.7. The van der Waals surface area contributed by atoms with Crippen LogP contribution in [0.3, 0.4) is 0 Å². The molecule has 0 aliphatic rings. The summed E-state index contributed by atoms with van der Waals surface area (Å²) >= 11 is 0. The molecule has 0 atom stereocenters. The molecule has 1 heterocycles. The Morgan fingerprint density at radius 2 is 1.76 bits per heavy atom. The molecule has 0 saturated heterocycles. The van der Waals surface area contributed by atoms with Crippen molar-refractivity contribution in [2.24, 2.45) is 0 Å². The Kier molecular flexibility index (Phi) is 3.47. The van der Waals surface area contributed by atoms with Gasteiger partial charge in [-0.25, -0.2) is 4.98 Å². The lowest BCUT2D eigenvalue weighted by Crippen LogP contribution is -2.29. The number of phenols is 1. The maximum Gasteiger partial charge on any atom is 0.488 e. The van der Waals surface area contributed by atoms with E-state index in [2.05, 4.69) is 4.98 Å². The minimum absolute atomic E-state index is 0.0400. The Balaban J connectivity index is 1.95. The van der Waals surface area contributed by atoms with E-state index in [1.807, 2.05) is 0 Å². The average molecular weight is 281 g/mol. The Hall–Kier alpha value is -2.57. The Bertz CT molecular complexity index is 791. The standard InChI is InChI=1S/C15H12BNO4/c18-13-3-1-2-4-14(13)21-15-8-5-10-9-11(16(19)20)6-7-12(10)17-15/h1-9,18-20H. The number of para-hydroxylation sites is 2. The molecular formula is C15H12BNO4. The van der Waals surface area contributed by atoms with Gasteiger partial charge in [0.05, 0.1) is 5.52 Å². The van der Waals surface area contributed by atoms with Gasteiger partial charge in [-0.05, 0) is 29.7 Å². The number of pyridine rings is 1. The van der Waals surface area contributed by atoms with Crippen molar-refractivity contribution in [3.05, 3.63) is 54.6 Å². The first-order valence-electron chi connectivity index (χ1n) is 6.36. The van der Waals surface area contributed by atoms with E-state index in [0.29, 0.717) is 22.6 Å². The first kappa shape index (κ1) is 13.4. The van der Waals surface area contributed by atoms with E-state index in [1.54, 1.807) is 48.5 Å². The molecule has 104 valence electrons. The SMILES string of the molecule is OB(O)c1ccc2nc(Oc3ccccc3O)ccc2c1. The Morgan fingerprint density at radius 1 is 0.952 bits per heavy atom. The maximum absolute atomic E-state index is 9.67. The molecule has 0 saturated carbocycles. The van der Waals surface area contributed by atoms with Crippen molar-refractivity contribution < 1.29 is 19.9 Å². The van der Waals surface area contributed by atoms with Crippen molar-refractivity contribution in [2.45, 2.75) is 0 Å². The summed E-state index contributed by atoms with van der Waals surface area (Å²) in [4.78, 5) is 4.32. The van der Waals surface area contributed by atoms with Crippen LogP contribution < -0.4 is 10.2 Å². The van der Waals surface area contributed by atoms with E-state index < -0.39 is 7.12 Å². The molecule has 0 radical (unpaired) electrons.